The summed E-state index contributed by atoms with van der Waals surface area (Å²) in [6.45, 7) is 4.19. The van der Waals surface area contributed by atoms with E-state index in [1.807, 2.05) is 56.3 Å². The van der Waals surface area contributed by atoms with Gasteiger partial charge in [-0.15, -0.1) is 0 Å². The molecular formula is C35H43Cl2N3O4S. The summed E-state index contributed by atoms with van der Waals surface area (Å²) < 4.78 is 26.9. The number of aryl methyl sites for hydroxylation is 2. The number of amides is 2. The van der Waals surface area contributed by atoms with Gasteiger partial charge in [-0.25, -0.2) is 8.42 Å². The number of anilines is 1. The van der Waals surface area contributed by atoms with Crippen LogP contribution in [0.15, 0.2) is 66.7 Å². The van der Waals surface area contributed by atoms with Crippen molar-refractivity contribution in [2.75, 3.05) is 17.1 Å². The number of sulfonamides is 1. The molecule has 0 spiro atoms. The molecule has 0 saturated heterocycles. The number of carbonyl (C=O) groups is 2. The summed E-state index contributed by atoms with van der Waals surface area (Å²) in [7, 11) is -3.59. The van der Waals surface area contributed by atoms with Crippen LogP contribution in [0.3, 0.4) is 0 Å². The number of halogens is 2. The van der Waals surface area contributed by atoms with E-state index in [0.29, 0.717) is 22.2 Å². The molecule has 0 unspecified atom stereocenters. The van der Waals surface area contributed by atoms with Gasteiger partial charge in [0.25, 0.3) is 0 Å². The fourth-order valence-electron chi connectivity index (χ4n) is 5.82. The van der Waals surface area contributed by atoms with Crippen molar-refractivity contribution >= 4 is 50.7 Å². The summed E-state index contributed by atoms with van der Waals surface area (Å²) in [6.07, 6.45) is 6.98. The van der Waals surface area contributed by atoms with Gasteiger partial charge in [0.2, 0.25) is 21.8 Å². The van der Waals surface area contributed by atoms with Crippen LogP contribution in [0, 0.1) is 13.8 Å². The average Bonchev–Trinajstić information content (AvgIpc) is 3.00. The van der Waals surface area contributed by atoms with Crippen molar-refractivity contribution in [3.63, 3.8) is 0 Å². The fraction of sp³-hybridized carbons (Fsp3) is 0.429. The predicted molar refractivity (Wildman–Crippen MR) is 183 cm³/mol. The molecule has 45 heavy (non-hydrogen) atoms. The lowest BCUT2D eigenvalue weighted by atomic mass is 9.94. The first-order chi connectivity index (χ1) is 21.4. The van der Waals surface area contributed by atoms with Crippen LogP contribution in [0.2, 0.25) is 10.0 Å². The fourth-order valence-corrected chi connectivity index (χ4v) is 7.10. The topological polar surface area (TPSA) is 86.8 Å². The number of rotatable bonds is 13. The van der Waals surface area contributed by atoms with E-state index < -0.39 is 16.1 Å². The molecule has 242 valence electrons. The average molecular weight is 673 g/mol. The molecule has 0 heterocycles. The van der Waals surface area contributed by atoms with Gasteiger partial charge in [0.15, 0.2) is 0 Å². The van der Waals surface area contributed by atoms with E-state index >= 15 is 0 Å². The second kappa shape index (κ2) is 16.0. The molecule has 1 fully saturated rings. The third kappa shape index (κ3) is 9.96. The molecule has 7 nitrogen and oxygen atoms in total. The Morgan fingerprint density at radius 3 is 2.24 bits per heavy atom. The van der Waals surface area contributed by atoms with Crippen LogP contribution in [-0.4, -0.2) is 50.0 Å². The van der Waals surface area contributed by atoms with Gasteiger partial charge < -0.3 is 10.2 Å². The van der Waals surface area contributed by atoms with E-state index in [-0.39, 0.29) is 43.8 Å². The summed E-state index contributed by atoms with van der Waals surface area (Å²) in [6, 6.07) is 19.7. The third-order valence-electron chi connectivity index (χ3n) is 8.49. The first-order valence-corrected chi connectivity index (χ1v) is 18.2. The van der Waals surface area contributed by atoms with Crippen molar-refractivity contribution in [3.05, 3.63) is 99.0 Å². The van der Waals surface area contributed by atoms with Gasteiger partial charge >= 0.3 is 0 Å². The highest BCUT2D eigenvalue weighted by molar-refractivity contribution is 7.92. The van der Waals surface area contributed by atoms with E-state index in [1.54, 1.807) is 29.2 Å². The molecule has 1 aliphatic rings. The van der Waals surface area contributed by atoms with Crippen LogP contribution in [0.1, 0.15) is 67.2 Å². The molecule has 1 aliphatic carbocycles. The van der Waals surface area contributed by atoms with Crippen molar-refractivity contribution in [1.29, 1.82) is 0 Å². The Labute approximate surface area is 278 Å². The normalized spacial score (nSPS) is 14.5. The maximum Gasteiger partial charge on any atom is 0.243 e. The van der Waals surface area contributed by atoms with Gasteiger partial charge in [0.1, 0.15) is 6.04 Å². The van der Waals surface area contributed by atoms with Gasteiger partial charge in [-0.1, -0.05) is 84.9 Å². The summed E-state index contributed by atoms with van der Waals surface area (Å²) in [4.78, 5) is 29.7. The predicted octanol–water partition coefficient (Wildman–Crippen LogP) is 7.25. The van der Waals surface area contributed by atoms with Crippen LogP contribution in [0.5, 0.6) is 0 Å². The summed E-state index contributed by atoms with van der Waals surface area (Å²) in [5.74, 6) is -0.429. The highest BCUT2D eigenvalue weighted by atomic mass is 35.5. The highest BCUT2D eigenvalue weighted by Gasteiger charge is 2.32. The van der Waals surface area contributed by atoms with Gasteiger partial charge in [0.05, 0.1) is 22.0 Å². The minimum Gasteiger partial charge on any atom is -0.352 e. The van der Waals surface area contributed by atoms with E-state index in [0.717, 1.165) is 54.4 Å². The Morgan fingerprint density at radius 1 is 0.889 bits per heavy atom. The zero-order chi connectivity index (χ0) is 32.6. The number of nitrogens with zero attached hydrogens (tertiary/aromatic N) is 2. The monoisotopic (exact) mass is 671 g/mol. The van der Waals surface area contributed by atoms with Gasteiger partial charge in [-0.3, -0.25) is 13.9 Å². The molecule has 1 saturated carbocycles. The lowest BCUT2D eigenvalue weighted by molar-refractivity contribution is -0.141. The first-order valence-electron chi connectivity index (χ1n) is 15.5. The van der Waals surface area contributed by atoms with Crippen molar-refractivity contribution in [3.8, 4) is 0 Å². The van der Waals surface area contributed by atoms with Crippen molar-refractivity contribution < 1.29 is 18.0 Å². The van der Waals surface area contributed by atoms with Crippen LogP contribution in [-0.2, 0) is 32.6 Å². The number of carbonyl (C=O) groups excluding carboxylic acids is 2. The molecule has 1 N–H and O–H groups in total. The Bertz CT molecular complexity index is 1580. The maximum absolute atomic E-state index is 14.1. The number of hydrogen-bond donors (Lipinski definition) is 1. The molecule has 4 rings (SSSR count). The molecule has 1 atom stereocenters. The maximum atomic E-state index is 14.1. The standard InChI is InChI=1S/C35H43Cl2N3O4S/c1-25-16-18-30(21-26(25)2)40(45(3,43)44)20-10-15-34(41)39(24-28-17-19-31(36)32(37)22-28)33(23-27-11-6-4-7-12-27)35(42)38-29-13-8-5-9-14-29/h4,6-7,11-12,16-19,21-22,29,33H,5,8-10,13-15,20,23-24H2,1-3H3,(H,38,42)/t33-/m1/s1. The Hall–Kier alpha value is -3.07. The van der Waals surface area contributed by atoms with Crippen LogP contribution < -0.4 is 9.62 Å². The van der Waals surface area contributed by atoms with E-state index in [2.05, 4.69) is 5.32 Å². The number of benzene rings is 3. The minimum absolute atomic E-state index is 0.0557. The molecular weight excluding hydrogens is 629 g/mol. The van der Waals surface area contributed by atoms with Crippen LogP contribution in [0.4, 0.5) is 5.69 Å². The SMILES string of the molecule is Cc1ccc(N(CCCC(=O)N(Cc2ccc(Cl)c(Cl)c2)[C@H](Cc2ccccc2)C(=O)NC2CCCCC2)S(C)(=O)=O)cc1C. The smallest absolute Gasteiger partial charge is 0.243 e. The quantitative estimate of drug-likeness (QED) is 0.207. The zero-order valence-corrected chi connectivity index (χ0v) is 28.6. The lowest BCUT2D eigenvalue weighted by Crippen LogP contribution is -2.52. The van der Waals surface area contributed by atoms with Gasteiger partial charge in [-0.05, 0) is 79.6 Å². The Balaban J connectivity index is 1.61. The summed E-state index contributed by atoms with van der Waals surface area (Å²) in [5, 5.41) is 4.01. The third-order valence-corrected chi connectivity index (χ3v) is 10.4. The highest BCUT2D eigenvalue weighted by Crippen LogP contribution is 2.26. The van der Waals surface area contributed by atoms with Crippen molar-refractivity contribution in [2.24, 2.45) is 0 Å². The molecule has 0 bridgehead atoms. The molecule has 3 aromatic carbocycles. The van der Waals surface area contributed by atoms with Gasteiger partial charge in [0, 0.05) is 32.0 Å². The van der Waals surface area contributed by atoms with E-state index in [9.17, 15) is 18.0 Å². The molecule has 0 aliphatic heterocycles. The molecule has 0 radical (unpaired) electrons. The van der Waals surface area contributed by atoms with Crippen LogP contribution >= 0.6 is 23.2 Å². The first kappa shape index (κ1) is 34.8. The molecule has 3 aromatic rings. The molecule has 10 heteroatoms. The summed E-state index contributed by atoms with van der Waals surface area (Å²) in [5.41, 5.74) is 4.30. The Kier molecular flexibility index (Phi) is 12.3. The van der Waals surface area contributed by atoms with Crippen molar-refractivity contribution in [2.45, 2.75) is 83.8 Å². The molecule has 2 amide bonds. The molecule has 0 aromatic heterocycles. The van der Waals surface area contributed by atoms with Gasteiger partial charge in [-0.2, -0.15) is 0 Å². The Morgan fingerprint density at radius 2 is 1.60 bits per heavy atom. The minimum atomic E-state index is -3.59. The number of hydrogen-bond acceptors (Lipinski definition) is 4. The second-order valence-electron chi connectivity index (χ2n) is 12.0. The zero-order valence-electron chi connectivity index (χ0n) is 26.3. The van der Waals surface area contributed by atoms with E-state index in [4.69, 9.17) is 23.2 Å². The largest absolute Gasteiger partial charge is 0.352 e. The van der Waals surface area contributed by atoms with Crippen LogP contribution in [0.25, 0.3) is 0 Å². The summed E-state index contributed by atoms with van der Waals surface area (Å²) >= 11 is 12.5. The van der Waals surface area contributed by atoms with E-state index in [1.165, 1.54) is 10.6 Å². The number of nitrogens with one attached hydrogen (secondary N) is 1. The second-order valence-corrected chi connectivity index (χ2v) is 14.7. The van der Waals surface area contributed by atoms with Crippen molar-refractivity contribution in [1.82, 2.24) is 10.2 Å². The lowest BCUT2D eigenvalue weighted by Gasteiger charge is -2.34.